The minimum absolute atomic E-state index is 0.00151. The second-order valence-electron chi connectivity index (χ2n) is 5.82. The van der Waals surface area contributed by atoms with Gasteiger partial charge in [-0.25, -0.2) is 4.98 Å². The molecule has 6 nitrogen and oxygen atoms in total. The molecule has 0 aliphatic rings. The van der Waals surface area contributed by atoms with Gasteiger partial charge in [-0.3, -0.25) is 4.79 Å². The Balaban J connectivity index is 1.98. The highest BCUT2D eigenvalue weighted by Crippen LogP contribution is 2.16. The molecule has 0 aliphatic carbocycles. The van der Waals surface area contributed by atoms with Crippen LogP contribution in [-0.4, -0.2) is 22.5 Å². The summed E-state index contributed by atoms with van der Waals surface area (Å²) < 4.78 is 7.41. The van der Waals surface area contributed by atoms with Crippen molar-refractivity contribution in [3.8, 4) is 11.8 Å². The van der Waals surface area contributed by atoms with Gasteiger partial charge in [-0.05, 0) is 54.4 Å². The first-order valence-electron chi connectivity index (χ1n) is 8.47. The average Bonchev–Trinajstić information content (AvgIpc) is 2.68. The smallest absolute Gasteiger partial charge is 0.282 e. The highest BCUT2D eigenvalue weighted by molar-refractivity contribution is 9.10. The molecule has 0 fully saturated rings. The zero-order valence-electron chi connectivity index (χ0n) is 14.7. The van der Waals surface area contributed by atoms with E-state index in [1.54, 1.807) is 24.4 Å². The Morgan fingerprint density at radius 2 is 2.07 bits per heavy atom. The van der Waals surface area contributed by atoms with Gasteiger partial charge in [0.15, 0.2) is 6.61 Å². The number of rotatable bonds is 6. The van der Waals surface area contributed by atoms with Gasteiger partial charge in [-0.2, -0.15) is 15.0 Å². The predicted octanol–water partition coefficient (Wildman–Crippen LogP) is 3.90. The Hall–Kier alpha value is -2.98. The first-order chi connectivity index (χ1) is 13.1. The Morgan fingerprint density at radius 1 is 1.30 bits per heavy atom. The summed E-state index contributed by atoms with van der Waals surface area (Å²) in [6, 6.07) is 14.5. The van der Waals surface area contributed by atoms with Crippen molar-refractivity contribution in [1.82, 2.24) is 9.66 Å². The standard InChI is InChI=1S/C20H17BrN4O2/c1-2-3-19-24-18-9-6-15(21)12-17(18)20(26)25(19)23-13-14-4-7-16(8-5-14)27-11-10-22/h4-9,12-13H,2-3,11H2,1H3. The highest BCUT2D eigenvalue weighted by atomic mass is 79.9. The van der Waals surface area contributed by atoms with Gasteiger partial charge in [0.25, 0.3) is 5.56 Å². The van der Waals surface area contributed by atoms with Crippen molar-refractivity contribution in [2.24, 2.45) is 5.10 Å². The topological polar surface area (TPSA) is 80.3 Å². The maximum Gasteiger partial charge on any atom is 0.282 e. The number of nitriles is 1. The number of fused-ring (bicyclic) bond motifs is 1. The van der Waals surface area contributed by atoms with Crippen LogP contribution in [-0.2, 0) is 6.42 Å². The normalized spacial score (nSPS) is 11.0. The van der Waals surface area contributed by atoms with Gasteiger partial charge in [0, 0.05) is 10.9 Å². The van der Waals surface area contributed by atoms with Crippen LogP contribution in [0.3, 0.4) is 0 Å². The van der Waals surface area contributed by atoms with Crippen molar-refractivity contribution in [1.29, 1.82) is 5.26 Å². The van der Waals surface area contributed by atoms with Crippen LogP contribution < -0.4 is 10.3 Å². The molecule has 0 atom stereocenters. The Kier molecular flexibility index (Phi) is 5.99. The molecule has 0 amide bonds. The average molecular weight is 425 g/mol. The fourth-order valence-electron chi connectivity index (χ4n) is 2.59. The largest absolute Gasteiger partial charge is 0.479 e. The van der Waals surface area contributed by atoms with Crippen LogP contribution in [0, 0.1) is 11.3 Å². The molecule has 0 saturated heterocycles. The lowest BCUT2D eigenvalue weighted by molar-refractivity contribution is 0.368. The molecule has 27 heavy (non-hydrogen) atoms. The monoisotopic (exact) mass is 424 g/mol. The molecule has 0 aliphatic heterocycles. The lowest BCUT2D eigenvalue weighted by Gasteiger charge is -2.08. The number of aryl methyl sites for hydroxylation is 1. The summed E-state index contributed by atoms with van der Waals surface area (Å²) in [5.74, 6) is 1.23. The third-order valence-electron chi connectivity index (χ3n) is 3.85. The van der Waals surface area contributed by atoms with E-state index in [4.69, 9.17) is 10.00 Å². The second kappa shape index (κ2) is 8.60. The zero-order chi connectivity index (χ0) is 19.2. The number of halogens is 1. The maximum atomic E-state index is 12.9. The molecule has 7 heteroatoms. The van der Waals surface area contributed by atoms with Crippen LogP contribution in [0.25, 0.3) is 10.9 Å². The minimum Gasteiger partial charge on any atom is -0.479 e. The lowest BCUT2D eigenvalue weighted by atomic mass is 10.2. The van der Waals surface area contributed by atoms with Crippen LogP contribution >= 0.6 is 15.9 Å². The molecule has 0 spiro atoms. The summed E-state index contributed by atoms with van der Waals surface area (Å²) in [6.45, 7) is 2.04. The van der Waals surface area contributed by atoms with E-state index < -0.39 is 0 Å². The van der Waals surface area contributed by atoms with Crippen molar-refractivity contribution in [2.75, 3.05) is 6.61 Å². The van der Waals surface area contributed by atoms with Crippen LogP contribution in [0.2, 0.25) is 0 Å². The number of ether oxygens (including phenoxy) is 1. The molecular weight excluding hydrogens is 408 g/mol. The summed E-state index contributed by atoms with van der Waals surface area (Å²) in [5, 5.41) is 13.4. The number of hydrogen-bond donors (Lipinski definition) is 0. The van der Waals surface area contributed by atoms with E-state index in [0.29, 0.717) is 28.9 Å². The highest BCUT2D eigenvalue weighted by Gasteiger charge is 2.10. The molecule has 1 heterocycles. The molecule has 136 valence electrons. The fourth-order valence-corrected chi connectivity index (χ4v) is 2.95. The Labute approximate surface area is 164 Å². The van der Waals surface area contributed by atoms with Crippen molar-refractivity contribution in [3.05, 3.63) is 68.7 Å². The molecule has 0 unspecified atom stereocenters. The summed E-state index contributed by atoms with van der Waals surface area (Å²) in [7, 11) is 0. The van der Waals surface area contributed by atoms with Crippen molar-refractivity contribution < 1.29 is 4.74 Å². The molecular formula is C20H17BrN4O2. The maximum absolute atomic E-state index is 12.9. The summed E-state index contributed by atoms with van der Waals surface area (Å²) >= 11 is 3.39. The second-order valence-corrected chi connectivity index (χ2v) is 6.73. The van der Waals surface area contributed by atoms with Gasteiger partial charge in [0.1, 0.15) is 17.6 Å². The number of nitrogens with zero attached hydrogens (tertiary/aromatic N) is 4. The molecule has 0 saturated carbocycles. The van der Waals surface area contributed by atoms with Crippen LogP contribution in [0.1, 0.15) is 24.7 Å². The quantitative estimate of drug-likeness (QED) is 0.561. The van der Waals surface area contributed by atoms with Crippen LogP contribution in [0.15, 0.2) is 56.8 Å². The number of hydrogen-bond acceptors (Lipinski definition) is 5. The zero-order valence-corrected chi connectivity index (χ0v) is 16.3. The first kappa shape index (κ1) is 18.8. The Bertz CT molecular complexity index is 1080. The Morgan fingerprint density at radius 3 is 2.78 bits per heavy atom. The molecule has 3 rings (SSSR count). The first-order valence-corrected chi connectivity index (χ1v) is 9.27. The van der Waals surface area contributed by atoms with Gasteiger partial charge in [-0.15, -0.1) is 0 Å². The van der Waals surface area contributed by atoms with E-state index in [-0.39, 0.29) is 12.2 Å². The van der Waals surface area contributed by atoms with E-state index in [2.05, 4.69) is 26.0 Å². The van der Waals surface area contributed by atoms with E-state index in [0.717, 1.165) is 16.5 Å². The summed E-state index contributed by atoms with van der Waals surface area (Å²) in [4.78, 5) is 17.5. The third-order valence-corrected chi connectivity index (χ3v) is 4.35. The molecule has 1 aromatic heterocycles. The van der Waals surface area contributed by atoms with Gasteiger partial charge in [-0.1, -0.05) is 22.9 Å². The minimum atomic E-state index is -0.199. The van der Waals surface area contributed by atoms with Crippen molar-refractivity contribution >= 4 is 33.0 Å². The van der Waals surface area contributed by atoms with Crippen molar-refractivity contribution in [2.45, 2.75) is 19.8 Å². The van der Waals surface area contributed by atoms with Crippen LogP contribution in [0.4, 0.5) is 0 Å². The number of aromatic nitrogens is 2. The van der Waals surface area contributed by atoms with Crippen LogP contribution in [0.5, 0.6) is 5.75 Å². The fraction of sp³-hybridized carbons (Fsp3) is 0.200. The van der Waals surface area contributed by atoms with E-state index in [1.165, 1.54) is 4.68 Å². The van der Waals surface area contributed by atoms with E-state index in [1.807, 2.05) is 37.3 Å². The van der Waals surface area contributed by atoms with Gasteiger partial charge in [0.2, 0.25) is 0 Å². The summed E-state index contributed by atoms with van der Waals surface area (Å²) in [5.41, 5.74) is 1.27. The van der Waals surface area contributed by atoms with E-state index >= 15 is 0 Å². The van der Waals surface area contributed by atoms with Gasteiger partial charge in [0.05, 0.1) is 17.1 Å². The predicted molar refractivity (Wildman–Crippen MR) is 108 cm³/mol. The van der Waals surface area contributed by atoms with E-state index in [9.17, 15) is 4.79 Å². The molecule has 0 bridgehead atoms. The third kappa shape index (κ3) is 4.41. The van der Waals surface area contributed by atoms with Gasteiger partial charge >= 0.3 is 0 Å². The van der Waals surface area contributed by atoms with Crippen molar-refractivity contribution in [3.63, 3.8) is 0 Å². The molecule has 3 aromatic rings. The lowest BCUT2D eigenvalue weighted by Crippen LogP contribution is -2.22. The molecule has 0 N–H and O–H groups in total. The SMILES string of the molecule is CCCc1nc2ccc(Br)cc2c(=O)n1N=Cc1ccc(OCC#N)cc1. The summed E-state index contributed by atoms with van der Waals surface area (Å²) in [6.07, 6.45) is 3.12. The molecule has 2 aromatic carbocycles. The number of benzene rings is 2. The van der Waals surface area contributed by atoms with Gasteiger partial charge < -0.3 is 4.74 Å². The molecule has 0 radical (unpaired) electrons.